The highest BCUT2D eigenvalue weighted by Gasteiger charge is 2.33. The summed E-state index contributed by atoms with van der Waals surface area (Å²) in [5.41, 5.74) is -0.436. The fourth-order valence-electron chi connectivity index (χ4n) is 3.53. The largest absolute Gasteiger partial charge is 0.444 e. The first kappa shape index (κ1) is 17.5. The van der Waals surface area contributed by atoms with E-state index in [2.05, 4.69) is 29.5 Å². The predicted octanol–water partition coefficient (Wildman–Crippen LogP) is 2.50. The highest BCUT2D eigenvalue weighted by atomic mass is 16.6. The molecule has 5 nitrogen and oxygen atoms in total. The number of ether oxygens (including phenoxy) is 1. The zero-order valence-electron chi connectivity index (χ0n) is 14.8. The monoisotopic (exact) mass is 311 g/mol. The molecule has 2 N–H and O–H groups in total. The Kier molecular flexibility index (Phi) is 5.72. The maximum Gasteiger partial charge on any atom is 0.407 e. The van der Waals surface area contributed by atoms with Crippen molar-refractivity contribution in [3.63, 3.8) is 0 Å². The third kappa shape index (κ3) is 5.13. The number of amides is 1. The van der Waals surface area contributed by atoms with Gasteiger partial charge in [0.05, 0.1) is 0 Å². The van der Waals surface area contributed by atoms with Gasteiger partial charge in [0, 0.05) is 24.2 Å². The highest BCUT2D eigenvalue weighted by molar-refractivity contribution is 5.68. The smallest absolute Gasteiger partial charge is 0.407 e. The van der Waals surface area contributed by atoms with Crippen LogP contribution in [0.15, 0.2) is 0 Å². The lowest BCUT2D eigenvalue weighted by Gasteiger charge is -2.37. The highest BCUT2D eigenvalue weighted by Crippen LogP contribution is 2.23. The van der Waals surface area contributed by atoms with Crippen LogP contribution in [-0.4, -0.2) is 54.4 Å². The minimum Gasteiger partial charge on any atom is -0.444 e. The fraction of sp³-hybridized carbons (Fsp3) is 0.941. The zero-order chi connectivity index (χ0) is 16.3. The third-order valence-electron chi connectivity index (χ3n) is 4.88. The van der Waals surface area contributed by atoms with E-state index in [-0.39, 0.29) is 12.1 Å². The average molecular weight is 311 g/mol. The van der Waals surface area contributed by atoms with Crippen molar-refractivity contribution >= 4 is 6.09 Å². The van der Waals surface area contributed by atoms with E-state index in [1.165, 1.54) is 19.3 Å². The summed E-state index contributed by atoms with van der Waals surface area (Å²) in [4.78, 5) is 14.4. The number of hydrogen-bond donors (Lipinski definition) is 2. The summed E-state index contributed by atoms with van der Waals surface area (Å²) in [5, 5.41) is 6.85. The molecule has 0 aromatic heterocycles. The van der Waals surface area contributed by atoms with Crippen LogP contribution in [0.2, 0.25) is 0 Å². The van der Waals surface area contributed by atoms with Gasteiger partial charge in [-0.15, -0.1) is 0 Å². The molecule has 4 atom stereocenters. The number of piperidine rings is 1. The lowest BCUT2D eigenvalue weighted by Crippen LogP contribution is -2.54. The fourth-order valence-corrected chi connectivity index (χ4v) is 3.53. The van der Waals surface area contributed by atoms with Crippen molar-refractivity contribution in [3.05, 3.63) is 0 Å². The van der Waals surface area contributed by atoms with Gasteiger partial charge in [0.1, 0.15) is 5.60 Å². The molecule has 0 aromatic carbocycles. The molecular formula is C17H33N3O2. The number of carbonyl (C=O) groups is 1. The number of nitrogens with zero attached hydrogens (tertiary/aromatic N) is 1. The number of rotatable bonds is 3. The minimum atomic E-state index is -0.436. The zero-order valence-corrected chi connectivity index (χ0v) is 14.8. The molecule has 128 valence electrons. The van der Waals surface area contributed by atoms with Crippen molar-refractivity contribution in [3.8, 4) is 0 Å². The lowest BCUT2D eigenvalue weighted by molar-refractivity contribution is 0.0494. The Hall–Kier alpha value is -0.810. The Bertz CT molecular complexity index is 381. The van der Waals surface area contributed by atoms with Crippen LogP contribution in [0.4, 0.5) is 4.79 Å². The first-order chi connectivity index (χ1) is 10.2. The molecule has 1 aliphatic heterocycles. The summed E-state index contributed by atoms with van der Waals surface area (Å²) in [6.07, 6.45) is 5.44. The van der Waals surface area contributed by atoms with Gasteiger partial charge >= 0.3 is 6.09 Å². The van der Waals surface area contributed by atoms with Crippen molar-refractivity contribution in [1.82, 2.24) is 15.5 Å². The van der Waals surface area contributed by atoms with Crippen LogP contribution in [0.5, 0.6) is 0 Å². The van der Waals surface area contributed by atoms with Crippen molar-refractivity contribution in [1.29, 1.82) is 0 Å². The SMILES string of the molecule is CC1CC(NC2CCCC2NC(=O)OC(C)(C)C)CCN1C. The van der Waals surface area contributed by atoms with E-state index in [1.807, 2.05) is 20.8 Å². The standard InChI is InChI=1S/C17H33N3O2/c1-12-11-13(9-10-20(12)5)18-14-7-6-8-15(14)19-16(21)22-17(2,3)4/h12-15,18H,6-11H2,1-5H3,(H,19,21). The number of hydrogen-bond acceptors (Lipinski definition) is 4. The Morgan fingerprint density at radius 3 is 2.50 bits per heavy atom. The molecule has 2 fully saturated rings. The topological polar surface area (TPSA) is 53.6 Å². The van der Waals surface area contributed by atoms with Crippen LogP contribution in [-0.2, 0) is 4.74 Å². The van der Waals surface area contributed by atoms with Gasteiger partial charge in [0.15, 0.2) is 0 Å². The molecule has 4 unspecified atom stereocenters. The number of alkyl carbamates (subject to hydrolysis) is 1. The van der Waals surface area contributed by atoms with E-state index in [0.29, 0.717) is 18.1 Å². The Labute approximate surface area is 135 Å². The Morgan fingerprint density at radius 2 is 1.86 bits per heavy atom. The molecule has 0 spiro atoms. The van der Waals surface area contributed by atoms with E-state index in [0.717, 1.165) is 19.4 Å². The van der Waals surface area contributed by atoms with Crippen LogP contribution in [0, 0.1) is 0 Å². The molecular weight excluding hydrogens is 278 g/mol. The number of likely N-dealkylation sites (tertiary alicyclic amines) is 1. The van der Waals surface area contributed by atoms with Gasteiger partial charge in [-0.2, -0.15) is 0 Å². The van der Waals surface area contributed by atoms with Crippen LogP contribution in [0.3, 0.4) is 0 Å². The molecule has 22 heavy (non-hydrogen) atoms. The molecule has 2 aliphatic rings. The summed E-state index contributed by atoms with van der Waals surface area (Å²) >= 11 is 0. The van der Waals surface area contributed by atoms with Gasteiger partial charge in [0.25, 0.3) is 0 Å². The molecule has 1 saturated heterocycles. The van der Waals surface area contributed by atoms with Gasteiger partial charge < -0.3 is 20.3 Å². The number of nitrogens with one attached hydrogen (secondary N) is 2. The number of carbonyl (C=O) groups excluding carboxylic acids is 1. The second-order valence-electron chi connectivity index (χ2n) is 8.01. The first-order valence-electron chi connectivity index (χ1n) is 8.70. The third-order valence-corrected chi connectivity index (χ3v) is 4.88. The van der Waals surface area contributed by atoms with Crippen molar-refractivity contribution < 1.29 is 9.53 Å². The quantitative estimate of drug-likeness (QED) is 0.841. The maximum atomic E-state index is 12.0. The maximum absolute atomic E-state index is 12.0. The molecule has 1 amide bonds. The normalized spacial score (nSPS) is 33.7. The van der Waals surface area contributed by atoms with Crippen LogP contribution in [0.25, 0.3) is 0 Å². The van der Waals surface area contributed by atoms with E-state index in [9.17, 15) is 4.79 Å². The van der Waals surface area contributed by atoms with Gasteiger partial charge in [-0.25, -0.2) is 4.79 Å². The van der Waals surface area contributed by atoms with Crippen LogP contribution in [0.1, 0.15) is 59.8 Å². The Balaban J connectivity index is 1.82. The molecule has 1 saturated carbocycles. The molecule has 5 heteroatoms. The lowest BCUT2D eigenvalue weighted by atomic mass is 9.97. The van der Waals surface area contributed by atoms with Crippen LogP contribution < -0.4 is 10.6 Å². The molecule has 0 aromatic rings. The molecule has 0 bridgehead atoms. The summed E-state index contributed by atoms with van der Waals surface area (Å²) in [5.74, 6) is 0. The summed E-state index contributed by atoms with van der Waals surface area (Å²) in [6, 6.07) is 1.78. The predicted molar refractivity (Wildman–Crippen MR) is 89.0 cm³/mol. The second kappa shape index (κ2) is 7.18. The van der Waals surface area contributed by atoms with Gasteiger partial charge in [-0.05, 0) is 73.4 Å². The van der Waals surface area contributed by atoms with E-state index in [1.54, 1.807) is 0 Å². The summed E-state index contributed by atoms with van der Waals surface area (Å²) in [7, 11) is 2.20. The molecule has 0 radical (unpaired) electrons. The van der Waals surface area contributed by atoms with Crippen molar-refractivity contribution in [2.24, 2.45) is 0 Å². The molecule has 2 rings (SSSR count). The van der Waals surface area contributed by atoms with Crippen molar-refractivity contribution in [2.75, 3.05) is 13.6 Å². The first-order valence-corrected chi connectivity index (χ1v) is 8.70. The average Bonchev–Trinajstić information content (AvgIpc) is 2.79. The van der Waals surface area contributed by atoms with E-state index in [4.69, 9.17) is 4.74 Å². The molecule has 1 aliphatic carbocycles. The molecule has 1 heterocycles. The van der Waals surface area contributed by atoms with Gasteiger partial charge in [-0.1, -0.05) is 0 Å². The summed E-state index contributed by atoms with van der Waals surface area (Å²) in [6.45, 7) is 9.14. The van der Waals surface area contributed by atoms with Crippen molar-refractivity contribution in [2.45, 2.75) is 89.6 Å². The van der Waals surface area contributed by atoms with Gasteiger partial charge in [0.2, 0.25) is 0 Å². The van der Waals surface area contributed by atoms with E-state index >= 15 is 0 Å². The minimum absolute atomic E-state index is 0.199. The Morgan fingerprint density at radius 1 is 1.18 bits per heavy atom. The van der Waals surface area contributed by atoms with Gasteiger partial charge in [-0.3, -0.25) is 0 Å². The van der Waals surface area contributed by atoms with E-state index < -0.39 is 5.60 Å². The second-order valence-corrected chi connectivity index (χ2v) is 8.01. The summed E-state index contributed by atoms with van der Waals surface area (Å²) < 4.78 is 5.38. The van der Waals surface area contributed by atoms with Crippen LogP contribution >= 0.6 is 0 Å².